The number of likely N-dealkylation sites (N-methyl/N-ethyl adjacent to an activating group) is 1. The number of unbranched alkanes of at least 4 members (excludes halogenated alkanes) is 1. The number of amides is 1. The van der Waals surface area contributed by atoms with Crippen LogP contribution in [0.15, 0.2) is 24.3 Å². The summed E-state index contributed by atoms with van der Waals surface area (Å²) in [7, 11) is 8.79. The second kappa shape index (κ2) is 16.7. The molecule has 0 saturated heterocycles. The molecular formula is C33H46N2O9. The summed E-state index contributed by atoms with van der Waals surface area (Å²) in [5.74, 6) is 1.95. The second-order valence-corrected chi connectivity index (χ2v) is 11.2. The molecule has 1 atom stereocenters. The highest BCUT2D eigenvalue weighted by Crippen LogP contribution is 2.42. The van der Waals surface area contributed by atoms with Crippen LogP contribution in [0.3, 0.4) is 0 Å². The van der Waals surface area contributed by atoms with Crippen LogP contribution in [0.2, 0.25) is 0 Å². The van der Waals surface area contributed by atoms with E-state index in [1.807, 2.05) is 17.0 Å². The van der Waals surface area contributed by atoms with Crippen LogP contribution in [0, 0.1) is 0 Å². The minimum absolute atomic E-state index is 0.0628. The molecule has 0 bridgehead atoms. The quantitative estimate of drug-likeness (QED) is 0.283. The number of methoxy groups -OCH3 is 4. The van der Waals surface area contributed by atoms with Gasteiger partial charge in [-0.3, -0.25) is 14.4 Å². The van der Waals surface area contributed by atoms with Crippen molar-refractivity contribution in [3.8, 4) is 23.0 Å². The molecule has 0 unspecified atom stereocenters. The van der Waals surface area contributed by atoms with Gasteiger partial charge >= 0.3 is 11.9 Å². The Morgan fingerprint density at radius 2 is 1.34 bits per heavy atom. The molecule has 0 fully saturated rings. The Morgan fingerprint density at radius 3 is 1.89 bits per heavy atom. The van der Waals surface area contributed by atoms with E-state index in [2.05, 4.69) is 24.1 Å². The summed E-state index contributed by atoms with van der Waals surface area (Å²) in [4.78, 5) is 37.1. The maximum atomic E-state index is 12.9. The standard InChI is InChI=1S/C27H36N2O5.C6H10O4/c1-28(17-21-11-20-14-25(33-4)26(34-5)16-22(20)21)8-6-9-29-10-7-18-12-23(31-2)24(32-3)13-19(18)15-27(29)30;7-5(8)3-1-2-4-6(9)10/h12-14,16,21H,6-11,15,17H2,1-5H3;1-4H2,(H,7,8)(H,9,10)/t21-;/m1./s1. The lowest BCUT2D eigenvalue weighted by atomic mass is 9.77. The van der Waals surface area contributed by atoms with Gasteiger partial charge in [0.1, 0.15) is 0 Å². The van der Waals surface area contributed by atoms with Crippen molar-refractivity contribution >= 4 is 17.8 Å². The number of hydrogen-bond acceptors (Lipinski definition) is 8. The highest BCUT2D eigenvalue weighted by Gasteiger charge is 2.29. The van der Waals surface area contributed by atoms with E-state index in [1.165, 1.54) is 16.7 Å². The average molecular weight is 615 g/mol. The van der Waals surface area contributed by atoms with Gasteiger partial charge in [-0.15, -0.1) is 0 Å². The first-order valence-corrected chi connectivity index (χ1v) is 15.0. The number of benzene rings is 2. The molecule has 11 heteroatoms. The Morgan fingerprint density at radius 1 is 0.818 bits per heavy atom. The fraction of sp³-hybridized carbons (Fsp3) is 0.545. The normalized spacial score (nSPS) is 15.2. The highest BCUT2D eigenvalue weighted by molar-refractivity contribution is 5.80. The van der Waals surface area contributed by atoms with Crippen LogP contribution in [0.5, 0.6) is 23.0 Å². The number of carboxylic acid groups (broad SMARTS) is 2. The molecule has 0 saturated carbocycles. The van der Waals surface area contributed by atoms with Crippen LogP contribution in [0.4, 0.5) is 0 Å². The lowest BCUT2D eigenvalue weighted by Crippen LogP contribution is -2.36. The Hall–Kier alpha value is -3.99. The Bertz CT molecular complexity index is 1280. The molecule has 0 radical (unpaired) electrons. The average Bonchev–Trinajstić information content (AvgIpc) is 3.14. The molecule has 4 rings (SSSR count). The summed E-state index contributed by atoms with van der Waals surface area (Å²) >= 11 is 0. The number of carbonyl (C=O) groups is 3. The van der Waals surface area contributed by atoms with Gasteiger partial charge < -0.3 is 39.0 Å². The number of fused-ring (bicyclic) bond motifs is 2. The Labute approximate surface area is 259 Å². The smallest absolute Gasteiger partial charge is 0.303 e. The molecule has 2 aliphatic rings. The monoisotopic (exact) mass is 614 g/mol. The first kappa shape index (κ1) is 34.5. The summed E-state index contributed by atoms with van der Waals surface area (Å²) in [6, 6.07) is 8.18. The van der Waals surface area contributed by atoms with Crippen molar-refractivity contribution in [2.24, 2.45) is 0 Å². The van der Waals surface area contributed by atoms with E-state index in [0.29, 0.717) is 30.9 Å². The third kappa shape index (κ3) is 9.51. The molecule has 2 N–H and O–H groups in total. The van der Waals surface area contributed by atoms with Crippen LogP contribution in [-0.4, -0.2) is 99.5 Å². The fourth-order valence-corrected chi connectivity index (χ4v) is 5.70. The van der Waals surface area contributed by atoms with Crippen molar-refractivity contribution < 1.29 is 43.5 Å². The number of nitrogens with zero attached hydrogens (tertiary/aromatic N) is 2. The van der Waals surface area contributed by atoms with Gasteiger partial charge in [0.05, 0.1) is 34.9 Å². The van der Waals surface area contributed by atoms with Crippen LogP contribution >= 0.6 is 0 Å². The van der Waals surface area contributed by atoms with Crippen LogP contribution in [0.25, 0.3) is 0 Å². The topological polar surface area (TPSA) is 135 Å². The number of aliphatic carboxylic acids is 2. The number of ether oxygens (including phenoxy) is 4. The largest absolute Gasteiger partial charge is 0.493 e. The number of rotatable bonds is 15. The lowest BCUT2D eigenvalue weighted by molar-refractivity contribution is -0.139. The van der Waals surface area contributed by atoms with Crippen molar-refractivity contribution in [1.29, 1.82) is 0 Å². The van der Waals surface area contributed by atoms with Crippen molar-refractivity contribution in [3.63, 3.8) is 0 Å². The van der Waals surface area contributed by atoms with Crippen molar-refractivity contribution in [1.82, 2.24) is 9.80 Å². The third-order valence-electron chi connectivity index (χ3n) is 8.13. The highest BCUT2D eigenvalue weighted by atomic mass is 16.5. The van der Waals surface area contributed by atoms with Gasteiger partial charge in [0.25, 0.3) is 0 Å². The molecule has 0 spiro atoms. The zero-order valence-electron chi connectivity index (χ0n) is 26.5. The maximum absolute atomic E-state index is 12.9. The van der Waals surface area contributed by atoms with Gasteiger partial charge in [0.15, 0.2) is 23.0 Å². The van der Waals surface area contributed by atoms with E-state index < -0.39 is 11.9 Å². The molecule has 1 aliphatic carbocycles. The molecule has 1 heterocycles. The first-order valence-electron chi connectivity index (χ1n) is 15.0. The molecular weight excluding hydrogens is 568 g/mol. The number of carboxylic acids is 2. The van der Waals surface area contributed by atoms with E-state index >= 15 is 0 Å². The maximum Gasteiger partial charge on any atom is 0.303 e. The zero-order chi connectivity index (χ0) is 32.2. The van der Waals surface area contributed by atoms with Gasteiger partial charge in [-0.05, 0) is 92.2 Å². The van der Waals surface area contributed by atoms with E-state index in [9.17, 15) is 14.4 Å². The second-order valence-electron chi connectivity index (χ2n) is 11.2. The predicted molar refractivity (Wildman–Crippen MR) is 165 cm³/mol. The van der Waals surface area contributed by atoms with Crippen LogP contribution in [-0.2, 0) is 33.6 Å². The number of carbonyl (C=O) groups excluding carboxylic acids is 1. The fourth-order valence-electron chi connectivity index (χ4n) is 5.70. The number of hydrogen-bond donors (Lipinski definition) is 2. The van der Waals surface area contributed by atoms with E-state index in [-0.39, 0.29) is 18.7 Å². The first-order chi connectivity index (χ1) is 21.1. The lowest BCUT2D eigenvalue weighted by Gasteiger charge is -2.34. The Kier molecular flexibility index (Phi) is 13.1. The molecule has 0 aromatic heterocycles. The Balaban J connectivity index is 0.000000456. The molecule has 242 valence electrons. The minimum atomic E-state index is -0.870. The van der Waals surface area contributed by atoms with E-state index in [4.69, 9.17) is 29.2 Å². The summed E-state index contributed by atoms with van der Waals surface area (Å²) in [5, 5.41) is 16.3. The summed E-state index contributed by atoms with van der Waals surface area (Å²) in [5.41, 5.74) is 4.91. The van der Waals surface area contributed by atoms with E-state index in [1.54, 1.807) is 28.4 Å². The summed E-state index contributed by atoms with van der Waals surface area (Å²) in [6.07, 6.45) is 4.29. The molecule has 11 nitrogen and oxygen atoms in total. The third-order valence-corrected chi connectivity index (χ3v) is 8.13. The van der Waals surface area contributed by atoms with Gasteiger partial charge in [0.2, 0.25) is 5.91 Å². The molecule has 1 aliphatic heterocycles. The zero-order valence-corrected chi connectivity index (χ0v) is 26.5. The SMILES string of the molecule is COc1cc2c(cc1OC)CC(=O)N(CCCN(C)C[C@H]1Cc3cc(OC)c(OC)cc31)CC2.O=C(O)CCCCC(=O)O. The van der Waals surface area contributed by atoms with E-state index in [0.717, 1.165) is 68.3 Å². The van der Waals surface area contributed by atoms with Crippen molar-refractivity contribution in [2.45, 2.75) is 57.3 Å². The molecule has 1 amide bonds. The van der Waals surface area contributed by atoms with Gasteiger partial charge in [-0.1, -0.05) is 0 Å². The summed E-state index contributed by atoms with van der Waals surface area (Å²) < 4.78 is 21.7. The van der Waals surface area contributed by atoms with Crippen LogP contribution in [0.1, 0.15) is 60.3 Å². The van der Waals surface area contributed by atoms with Crippen LogP contribution < -0.4 is 18.9 Å². The predicted octanol–water partition coefficient (Wildman–Crippen LogP) is 4.03. The van der Waals surface area contributed by atoms with Gasteiger partial charge in [0, 0.05) is 38.4 Å². The van der Waals surface area contributed by atoms with Gasteiger partial charge in [-0.2, -0.15) is 0 Å². The van der Waals surface area contributed by atoms with Crippen molar-refractivity contribution in [2.75, 3.05) is 61.7 Å². The molecule has 44 heavy (non-hydrogen) atoms. The molecule has 2 aromatic carbocycles. The van der Waals surface area contributed by atoms with Gasteiger partial charge in [-0.25, -0.2) is 0 Å². The summed E-state index contributed by atoms with van der Waals surface area (Å²) in [6.45, 7) is 3.47. The molecule has 2 aromatic rings. The van der Waals surface area contributed by atoms with Crippen molar-refractivity contribution in [3.05, 3.63) is 46.5 Å². The minimum Gasteiger partial charge on any atom is -0.493 e.